The molecule has 2 rings (SSSR count). The fourth-order valence-electron chi connectivity index (χ4n) is 2.16. The number of pyridine rings is 1. The van der Waals surface area contributed by atoms with Crippen LogP contribution in [-0.4, -0.2) is 29.6 Å². The zero-order valence-corrected chi connectivity index (χ0v) is 12.2. The number of nitrogens with zero attached hydrogens (tertiary/aromatic N) is 1. The molecular formula is C14H20BNO3. The summed E-state index contributed by atoms with van der Waals surface area (Å²) in [6.45, 7) is 9.95. The number of aldehydes is 1. The second kappa shape index (κ2) is 4.73. The zero-order valence-electron chi connectivity index (χ0n) is 12.2. The van der Waals surface area contributed by atoms with Crippen LogP contribution < -0.4 is 5.46 Å². The van der Waals surface area contributed by atoms with E-state index in [-0.39, 0.29) is 11.2 Å². The average molecular weight is 261 g/mol. The van der Waals surface area contributed by atoms with Crippen LogP contribution in [0.4, 0.5) is 0 Å². The molecule has 0 unspecified atom stereocenters. The standard InChI is InChI=1S/C14H20BNO3/c1-10-11(7-9-17)12(6-8-16-10)15-18-13(2,3)14(4,5)19-15/h6,8-9H,7H2,1-5H3. The summed E-state index contributed by atoms with van der Waals surface area (Å²) < 4.78 is 12.1. The number of carbonyl (C=O) groups is 1. The van der Waals surface area contributed by atoms with Gasteiger partial charge in [-0.1, -0.05) is 0 Å². The Morgan fingerprint density at radius 1 is 1.26 bits per heavy atom. The predicted molar refractivity (Wildman–Crippen MR) is 74.5 cm³/mol. The van der Waals surface area contributed by atoms with Crippen LogP contribution in [0.5, 0.6) is 0 Å². The van der Waals surface area contributed by atoms with Gasteiger partial charge in [-0.3, -0.25) is 4.98 Å². The molecular weight excluding hydrogens is 241 g/mol. The van der Waals surface area contributed by atoms with E-state index in [0.717, 1.165) is 23.0 Å². The Bertz CT molecular complexity index is 483. The Hall–Kier alpha value is -1.20. The van der Waals surface area contributed by atoms with Crippen molar-refractivity contribution in [1.82, 2.24) is 4.98 Å². The first-order valence-electron chi connectivity index (χ1n) is 6.52. The Labute approximate surface area is 114 Å². The molecule has 0 amide bonds. The van der Waals surface area contributed by atoms with Crippen LogP contribution in [0.1, 0.15) is 39.0 Å². The molecule has 5 heteroatoms. The van der Waals surface area contributed by atoms with E-state index in [1.165, 1.54) is 0 Å². The van der Waals surface area contributed by atoms with Gasteiger partial charge in [-0.2, -0.15) is 0 Å². The third-order valence-electron chi connectivity index (χ3n) is 4.10. The third kappa shape index (κ3) is 2.45. The summed E-state index contributed by atoms with van der Waals surface area (Å²) in [7, 11) is -0.443. The summed E-state index contributed by atoms with van der Waals surface area (Å²) in [5, 5.41) is 0. The van der Waals surface area contributed by atoms with E-state index in [4.69, 9.17) is 9.31 Å². The molecule has 0 radical (unpaired) electrons. The summed E-state index contributed by atoms with van der Waals surface area (Å²) in [4.78, 5) is 15.1. The van der Waals surface area contributed by atoms with Crippen molar-refractivity contribution in [2.24, 2.45) is 0 Å². The van der Waals surface area contributed by atoms with Gasteiger partial charge < -0.3 is 14.1 Å². The predicted octanol–water partition coefficient (Wildman–Crippen LogP) is 1.43. The van der Waals surface area contributed by atoms with Gasteiger partial charge >= 0.3 is 7.12 Å². The van der Waals surface area contributed by atoms with E-state index < -0.39 is 7.12 Å². The number of aryl methyl sites for hydroxylation is 1. The summed E-state index contributed by atoms with van der Waals surface area (Å²) >= 11 is 0. The number of hydrogen-bond donors (Lipinski definition) is 0. The Morgan fingerprint density at radius 3 is 2.37 bits per heavy atom. The van der Waals surface area contributed by atoms with Gasteiger partial charge in [0.1, 0.15) is 6.29 Å². The molecule has 2 heterocycles. The Kier molecular flexibility index (Phi) is 3.54. The third-order valence-corrected chi connectivity index (χ3v) is 4.10. The van der Waals surface area contributed by atoms with Crippen LogP contribution >= 0.6 is 0 Å². The van der Waals surface area contributed by atoms with Crippen LogP contribution in [0.15, 0.2) is 12.3 Å². The molecule has 0 N–H and O–H groups in total. The molecule has 1 aliphatic rings. The molecule has 0 spiro atoms. The van der Waals surface area contributed by atoms with E-state index in [1.54, 1.807) is 6.20 Å². The van der Waals surface area contributed by atoms with Crippen LogP contribution in [0, 0.1) is 6.92 Å². The van der Waals surface area contributed by atoms with Gasteiger partial charge in [0.25, 0.3) is 0 Å². The largest absolute Gasteiger partial charge is 0.495 e. The fourth-order valence-corrected chi connectivity index (χ4v) is 2.16. The lowest BCUT2D eigenvalue weighted by Gasteiger charge is -2.32. The molecule has 4 nitrogen and oxygen atoms in total. The van der Waals surface area contributed by atoms with Crippen LogP contribution in [0.3, 0.4) is 0 Å². The minimum atomic E-state index is -0.443. The topological polar surface area (TPSA) is 48.4 Å². The lowest BCUT2D eigenvalue weighted by molar-refractivity contribution is -0.107. The second-order valence-electron chi connectivity index (χ2n) is 5.92. The van der Waals surface area contributed by atoms with Crippen molar-refractivity contribution in [2.75, 3.05) is 0 Å². The van der Waals surface area contributed by atoms with Gasteiger partial charge in [-0.15, -0.1) is 0 Å². The van der Waals surface area contributed by atoms with E-state index in [0.29, 0.717) is 6.42 Å². The quantitative estimate of drug-likeness (QED) is 0.610. The molecule has 0 bridgehead atoms. The Balaban J connectivity index is 2.39. The van der Waals surface area contributed by atoms with Crippen molar-refractivity contribution in [3.8, 4) is 0 Å². The summed E-state index contributed by atoms with van der Waals surface area (Å²) in [6, 6.07) is 1.87. The monoisotopic (exact) mass is 261 g/mol. The second-order valence-corrected chi connectivity index (χ2v) is 5.92. The number of hydrogen-bond acceptors (Lipinski definition) is 4. The molecule has 0 saturated carbocycles. The van der Waals surface area contributed by atoms with Crippen molar-refractivity contribution < 1.29 is 14.1 Å². The molecule has 1 aliphatic heterocycles. The van der Waals surface area contributed by atoms with Gasteiger partial charge in [-0.05, 0) is 51.7 Å². The SMILES string of the molecule is Cc1nccc(B2OC(C)(C)C(C)(C)O2)c1CC=O. The van der Waals surface area contributed by atoms with Gasteiger partial charge in [0.05, 0.1) is 11.2 Å². The molecule has 1 aromatic rings. The zero-order chi connectivity index (χ0) is 14.3. The maximum Gasteiger partial charge on any atom is 0.495 e. The van der Waals surface area contributed by atoms with Crippen LogP contribution in [0.2, 0.25) is 0 Å². The first-order valence-corrected chi connectivity index (χ1v) is 6.52. The molecule has 1 aromatic heterocycles. The van der Waals surface area contributed by atoms with Crippen molar-refractivity contribution in [2.45, 2.75) is 52.2 Å². The van der Waals surface area contributed by atoms with Crippen molar-refractivity contribution in [3.05, 3.63) is 23.5 Å². The van der Waals surface area contributed by atoms with Gasteiger partial charge in [0.15, 0.2) is 0 Å². The number of carbonyl (C=O) groups excluding carboxylic acids is 1. The van der Waals surface area contributed by atoms with Crippen molar-refractivity contribution in [3.63, 3.8) is 0 Å². The molecule has 0 aromatic carbocycles. The highest BCUT2D eigenvalue weighted by atomic mass is 16.7. The molecule has 19 heavy (non-hydrogen) atoms. The molecule has 102 valence electrons. The average Bonchev–Trinajstić information content (AvgIpc) is 2.51. The van der Waals surface area contributed by atoms with Gasteiger partial charge in [0, 0.05) is 18.3 Å². The normalized spacial score (nSPS) is 20.6. The van der Waals surface area contributed by atoms with E-state index in [2.05, 4.69) is 4.98 Å². The summed E-state index contributed by atoms with van der Waals surface area (Å²) in [6.07, 6.45) is 2.95. The maximum atomic E-state index is 10.8. The highest BCUT2D eigenvalue weighted by Gasteiger charge is 2.52. The molecule has 1 fully saturated rings. The summed E-state index contributed by atoms with van der Waals surface area (Å²) in [5.41, 5.74) is 1.88. The van der Waals surface area contributed by atoms with Gasteiger partial charge in [0.2, 0.25) is 0 Å². The van der Waals surface area contributed by atoms with Crippen molar-refractivity contribution in [1.29, 1.82) is 0 Å². The Morgan fingerprint density at radius 2 is 1.84 bits per heavy atom. The minimum absolute atomic E-state index is 0.332. The summed E-state index contributed by atoms with van der Waals surface area (Å²) in [5.74, 6) is 0. The minimum Gasteiger partial charge on any atom is -0.399 e. The molecule has 1 saturated heterocycles. The fraction of sp³-hybridized carbons (Fsp3) is 0.571. The number of rotatable bonds is 3. The first kappa shape index (κ1) is 14.2. The number of aromatic nitrogens is 1. The smallest absolute Gasteiger partial charge is 0.399 e. The lowest BCUT2D eigenvalue weighted by Crippen LogP contribution is -2.41. The lowest BCUT2D eigenvalue weighted by atomic mass is 9.75. The first-order chi connectivity index (χ1) is 8.78. The van der Waals surface area contributed by atoms with E-state index in [1.807, 2.05) is 40.7 Å². The molecule has 0 aliphatic carbocycles. The van der Waals surface area contributed by atoms with Crippen LogP contribution in [0.25, 0.3) is 0 Å². The van der Waals surface area contributed by atoms with E-state index >= 15 is 0 Å². The maximum absolute atomic E-state index is 10.8. The molecule has 0 atom stereocenters. The van der Waals surface area contributed by atoms with Crippen LogP contribution in [-0.2, 0) is 20.5 Å². The van der Waals surface area contributed by atoms with Gasteiger partial charge in [-0.25, -0.2) is 0 Å². The highest BCUT2D eigenvalue weighted by molar-refractivity contribution is 6.62. The van der Waals surface area contributed by atoms with E-state index in [9.17, 15) is 4.79 Å². The van der Waals surface area contributed by atoms with Crippen molar-refractivity contribution >= 4 is 18.9 Å². The highest BCUT2D eigenvalue weighted by Crippen LogP contribution is 2.36.